The Morgan fingerprint density at radius 2 is 1.70 bits per heavy atom. The maximum absolute atomic E-state index is 11.9. The van der Waals surface area contributed by atoms with Gasteiger partial charge in [-0.3, -0.25) is 9.69 Å². The predicted molar refractivity (Wildman–Crippen MR) is 93.3 cm³/mol. The maximum Gasteiger partial charge on any atom is 0.314 e. The Morgan fingerprint density at radius 3 is 2.22 bits per heavy atom. The highest BCUT2D eigenvalue weighted by Crippen LogP contribution is 2.26. The summed E-state index contributed by atoms with van der Waals surface area (Å²) in [7, 11) is 3.43. The summed E-state index contributed by atoms with van der Waals surface area (Å²) in [6.45, 7) is 12.1. The third-order valence-corrected chi connectivity index (χ3v) is 4.53. The van der Waals surface area contributed by atoms with Gasteiger partial charge in [-0.05, 0) is 32.1 Å². The molecule has 6 heteroatoms. The number of urea groups is 1. The van der Waals surface area contributed by atoms with Gasteiger partial charge in [0.2, 0.25) is 5.91 Å². The van der Waals surface area contributed by atoms with E-state index in [9.17, 15) is 9.59 Å². The van der Waals surface area contributed by atoms with Crippen LogP contribution < -0.4 is 10.6 Å². The van der Waals surface area contributed by atoms with Crippen molar-refractivity contribution in [1.29, 1.82) is 0 Å². The smallest absolute Gasteiger partial charge is 0.314 e. The average Bonchev–Trinajstić information content (AvgIpc) is 2.44. The van der Waals surface area contributed by atoms with Crippen LogP contribution in [0.4, 0.5) is 4.79 Å². The number of carbonyl (C=O) groups is 2. The second-order valence-corrected chi connectivity index (χ2v) is 7.81. The quantitative estimate of drug-likeness (QED) is 0.778. The first-order chi connectivity index (χ1) is 10.6. The van der Waals surface area contributed by atoms with Crippen molar-refractivity contribution in [2.45, 2.75) is 46.1 Å². The van der Waals surface area contributed by atoms with Gasteiger partial charge in [0, 0.05) is 52.2 Å². The van der Waals surface area contributed by atoms with E-state index in [1.807, 2.05) is 0 Å². The summed E-state index contributed by atoms with van der Waals surface area (Å²) in [6.07, 6.45) is 1.60. The van der Waals surface area contributed by atoms with Crippen LogP contribution >= 0.6 is 0 Å². The van der Waals surface area contributed by atoms with Crippen LogP contribution in [-0.4, -0.2) is 67.6 Å². The van der Waals surface area contributed by atoms with E-state index >= 15 is 0 Å². The van der Waals surface area contributed by atoms with Gasteiger partial charge < -0.3 is 15.5 Å². The molecule has 23 heavy (non-hydrogen) atoms. The van der Waals surface area contributed by atoms with Crippen molar-refractivity contribution in [3.8, 4) is 0 Å². The molecule has 2 unspecified atom stereocenters. The molecule has 6 nitrogen and oxygen atoms in total. The molecule has 0 aromatic rings. The van der Waals surface area contributed by atoms with Crippen LogP contribution in [0.25, 0.3) is 0 Å². The molecule has 1 fully saturated rings. The first-order valence-corrected chi connectivity index (χ1v) is 8.58. The number of carbonyl (C=O) groups excluding carboxylic acids is 2. The average molecular weight is 326 g/mol. The monoisotopic (exact) mass is 326 g/mol. The summed E-state index contributed by atoms with van der Waals surface area (Å²) >= 11 is 0. The standard InChI is InChI=1S/C17H34N4O2/c1-13-9-14(2)11-21(10-13)17(3,4)12-19-16(23)18-8-7-15(22)20(5)6/h13-14H,7-12H2,1-6H3,(H2,18,19,23). The molecule has 134 valence electrons. The van der Waals surface area contributed by atoms with Gasteiger partial charge >= 0.3 is 6.03 Å². The lowest BCUT2D eigenvalue weighted by Crippen LogP contribution is -2.57. The van der Waals surface area contributed by atoms with E-state index in [1.54, 1.807) is 14.1 Å². The van der Waals surface area contributed by atoms with E-state index in [1.165, 1.54) is 11.3 Å². The van der Waals surface area contributed by atoms with Crippen LogP contribution in [-0.2, 0) is 4.79 Å². The van der Waals surface area contributed by atoms with Crippen LogP contribution in [0.3, 0.4) is 0 Å². The molecule has 0 radical (unpaired) electrons. The highest BCUT2D eigenvalue weighted by Gasteiger charge is 2.32. The largest absolute Gasteiger partial charge is 0.349 e. The summed E-state index contributed by atoms with van der Waals surface area (Å²) in [5.74, 6) is 1.41. The minimum Gasteiger partial charge on any atom is -0.349 e. The highest BCUT2D eigenvalue weighted by molar-refractivity contribution is 5.77. The van der Waals surface area contributed by atoms with Gasteiger partial charge in [0.05, 0.1) is 0 Å². The summed E-state index contributed by atoms with van der Waals surface area (Å²) in [5, 5.41) is 5.68. The molecular formula is C17H34N4O2. The van der Waals surface area contributed by atoms with Gasteiger partial charge in [0.1, 0.15) is 0 Å². The Balaban J connectivity index is 2.34. The van der Waals surface area contributed by atoms with Gasteiger partial charge in [0.15, 0.2) is 0 Å². The first kappa shape index (κ1) is 19.7. The minimum atomic E-state index is -0.206. The number of nitrogens with one attached hydrogen (secondary N) is 2. The van der Waals surface area contributed by atoms with Gasteiger partial charge in [-0.25, -0.2) is 4.79 Å². The van der Waals surface area contributed by atoms with Crippen molar-refractivity contribution in [3.05, 3.63) is 0 Å². The summed E-state index contributed by atoms with van der Waals surface area (Å²) in [4.78, 5) is 27.3. The van der Waals surface area contributed by atoms with Gasteiger partial charge in [-0.2, -0.15) is 0 Å². The predicted octanol–water partition coefficient (Wildman–Crippen LogP) is 1.52. The zero-order valence-electron chi connectivity index (χ0n) is 15.6. The molecule has 1 heterocycles. The molecule has 2 atom stereocenters. The fourth-order valence-electron chi connectivity index (χ4n) is 3.13. The maximum atomic E-state index is 11.9. The highest BCUT2D eigenvalue weighted by atomic mass is 16.2. The lowest BCUT2D eigenvalue weighted by atomic mass is 9.88. The number of piperidine rings is 1. The Bertz CT molecular complexity index is 399. The molecule has 0 aromatic heterocycles. The fourth-order valence-corrected chi connectivity index (χ4v) is 3.13. The molecular weight excluding hydrogens is 292 g/mol. The Morgan fingerprint density at radius 1 is 1.13 bits per heavy atom. The Kier molecular flexibility index (Phi) is 7.32. The second kappa shape index (κ2) is 8.52. The molecule has 0 bridgehead atoms. The molecule has 1 saturated heterocycles. The number of rotatable bonds is 6. The molecule has 0 spiro atoms. The Hall–Kier alpha value is -1.30. The van der Waals surface area contributed by atoms with Crippen molar-refractivity contribution in [2.75, 3.05) is 40.3 Å². The zero-order valence-corrected chi connectivity index (χ0v) is 15.6. The number of nitrogens with zero attached hydrogens (tertiary/aromatic N) is 2. The van der Waals surface area contributed by atoms with E-state index in [-0.39, 0.29) is 17.5 Å². The van der Waals surface area contributed by atoms with Gasteiger partial charge in [0.25, 0.3) is 0 Å². The zero-order chi connectivity index (χ0) is 17.6. The molecule has 0 aromatic carbocycles. The number of hydrogen-bond donors (Lipinski definition) is 2. The van der Waals surface area contributed by atoms with E-state index in [2.05, 4.69) is 43.2 Å². The van der Waals surface area contributed by atoms with Gasteiger partial charge in [-0.15, -0.1) is 0 Å². The Labute approximate surface area is 141 Å². The first-order valence-electron chi connectivity index (χ1n) is 8.58. The lowest BCUT2D eigenvalue weighted by molar-refractivity contribution is -0.128. The van der Waals surface area contributed by atoms with Crippen molar-refractivity contribution in [1.82, 2.24) is 20.4 Å². The number of amides is 3. The lowest BCUT2D eigenvalue weighted by Gasteiger charge is -2.45. The van der Waals surface area contributed by atoms with Crippen LogP contribution in [0.1, 0.15) is 40.5 Å². The van der Waals surface area contributed by atoms with Crippen LogP contribution in [0, 0.1) is 11.8 Å². The van der Waals surface area contributed by atoms with E-state index in [4.69, 9.17) is 0 Å². The van der Waals surface area contributed by atoms with E-state index < -0.39 is 0 Å². The topological polar surface area (TPSA) is 64.7 Å². The van der Waals surface area contributed by atoms with Crippen molar-refractivity contribution in [3.63, 3.8) is 0 Å². The van der Waals surface area contributed by atoms with E-state index in [0.29, 0.717) is 31.3 Å². The number of hydrogen-bond acceptors (Lipinski definition) is 3. The third kappa shape index (κ3) is 6.77. The molecule has 1 aliphatic heterocycles. The van der Waals surface area contributed by atoms with Crippen molar-refractivity contribution >= 4 is 11.9 Å². The molecule has 0 aliphatic carbocycles. The van der Waals surface area contributed by atoms with Gasteiger partial charge in [-0.1, -0.05) is 13.8 Å². The SMILES string of the molecule is CC1CC(C)CN(C(C)(C)CNC(=O)NCCC(=O)N(C)C)C1. The molecule has 3 amide bonds. The molecule has 1 aliphatic rings. The van der Waals surface area contributed by atoms with Crippen LogP contribution in [0.2, 0.25) is 0 Å². The molecule has 2 N–H and O–H groups in total. The summed E-state index contributed by atoms with van der Waals surface area (Å²) in [6, 6.07) is -0.206. The fraction of sp³-hybridized carbons (Fsp3) is 0.882. The normalized spacial score (nSPS) is 22.5. The second-order valence-electron chi connectivity index (χ2n) is 7.81. The molecule has 1 rings (SSSR count). The van der Waals surface area contributed by atoms with Crippen LogP contribution in [0.15, 0.2) is 0 Å². The summed E-state index contributed by atoms with van der Waals surface area (Å²) in [5.41, 5.74) is -0.0697. The summed E-state index contributed by atoms with van der Waals surface area (Å²) < 4.78 is 0. The third-order valence-electron chi connectivity index (χ3n) is 4.53. The molecule has 0 saturated carbocycles. The van der Waals surface area contributed by atoms with E-state index in [0.717, 1.165) is 13.1 Å². The minimum absolute atomic E-state index is 0.0157. The van der Waals surface area contributed by atoms with Crippen LogP contribution in [0.5, 0.6) is 0 Å². The number of likely N-dealkylation sites (tertiary alicyclic amines) is 1. The van der Waals surface area contributed by atoms with Crippen molar-refractivity contribution < 1.29 is 9.59 Å². The van der Waals surface area contributed by atoms with Crippen molar-refractivity contribution in [2.24, 2.45) is 11.8 Å².